The lowest BCUT2D eigenvalue weighted by molar-refractivity contribution is 0.437. The van der Waals surface area contributed by atoms with Crippen molar-refractivity contribution in [2.24, 2.45) is 11.6 Å². The fourth-order valence-electron chi connectivity index (χ4n) is 0.910. The monoisotopic (exact) mass is 215 g/mol. The zero-order valence-electron chi connectivity index (χ0n) is 6.90. The Bertz CT molecular complexity index is 316. The second-order valence-corrected chi connectivity index (χ2v) is 3.45. The minimum Gasteiger partial charge on any atom is -0.375 e. The Morgan fingerprint density at radius 3 is 2.77 bits per heavy atom. The highest BCUT2D eigenvalue weighted by atomic mass is 35.5. The first-order chi connectivity index (χ1) is 6.09. The smallest absolute Gasteiger partial charge is 0.180 e. The number of benzene rings is 1. The van der Waals surface area contributed by atoms with Gasteiger partial charge in [0.1, 0.15) is 0 Å². The van der Waals surface area contributed by atoms with E-state index in [2.05, 4.69) is 0 Å². The Morgan fingerprint density at radius 1 is 1.54 bits per heavy atom. The lowest BCUT2D eigenvalue weighted by Gasteiger charge is -2.15. The minimum atomic E-state index is 0.167. The predicted octanol–water partition coefficient (Wildman–Crippen LogP) is 1.26. The van der Waals surface area contributed by atoms with Gasteiger partial charge in [-0.25, -0.2) is 5.84 Å². The Hall–Kier alpha value is -0.840. The Labute approximate surface area is 87.2 Å². The standard InChI is InChI=1S/C8H10ClN3S/c9-7-3-1-2-6(4-7)5-12(11)8(10)13/h1-4H,5,11H2,(H2,10,13). The first-order valence-corrected chi connectivity index (χ1v) is 4.44. The molecule has 1 rings (SSSR count). The maximum atomic E-state index is 5.78. The maximum Gasteiger partial charge on any atom is 0.180 e. The number of hydrazine groups is 1. The summed E-state index contributed by atoms with van der Waals surface area (Å²) >= 11 is 10.5. The summed E-state index contributed by atoms with van der Waals surface area (Å²) in [6.07, 6.45) is 0. The molecule has 0 unspecified atom stereocenters. The van der Waals surface area contributed by atoms with Crippen molar-refractivity contribution in [2.45, 2.75) is 6.54 Å². The lowest BCUT2D eigenvalue weighted by atomic mass is 10.2. The molecule has 3 nitrogen and oxygen atoms in total. The topological polar surface area (TPSA) is 55.3 Å². The molecule has 0 saturated heterocycles. The van der Waals surface area contributed by atoms with Crippen molar-refractivity contribution in [3.63, 3.8) is 0 Å². The summed E-state index contributed by atoms with van der Waals surface area (Å²) in [5.74, 6) is 5.52. The van der Waals surface area contributed by atoms with E-state index in [1.165, 1.54) is 5.01 Å². The number of nitrogens with zero attached hydrogens (tertiary/aromatic N) is 1. The van der Waals surface area contributed by atoms with E-state index >= 15 is 0 Å². The summed E-state index contributed by atoms with van der Waals surface area (Å²) in [6.45, 7) is 0.468. The molecule has 0 atom stereocenters. The molecule has 70 valence electrons. The van der Waals surface area contributed by atoms with Crippen LogP contribution in [0.25, 0.3) is 0 Å². The van der Waals surface area contributed by atoms with Crippen LogP contribution in [0.3, 0.4) is 0 Å². The summed E-state index contributed by atoms with van der Waals surface area (Å²) in [4.78, 5) is 0. The van der Waals surface area contributed by atoms with Gasteiger partial charge in [-0.3, -0.25) is 5.01 Å². The molecular weight excluding hydrogens is 206 g/mol. The molecule has 0 saturated carbocycles. The van der Waals surface area contributed by atoms with Gasteiger partial charge in [0, 0.05) is 5.02 Å². The van der Waals surface area contributed by atoms with Gasteiger partial charge in [0.05, 0.1) is 6.54 Å². The van der Waals surface area contributed by atoms with Crippen molar-refractivity contribution in [1.29, 1.82) is 0 Å². The summed E-state index contributed by atoms with van der Waals surface area (Å²) in [6, 6.07) is 7.38. The Morgan fingerprint density at radius 2 is 2.23 bits per heavy atom. The average Bonchev–Trinajstić information content (AvgIpc) is 2.04. The van der Waals surface area contributed by atoms with Gasteiger partial charge in [-0.15, -0.1) is 0 Å². The summed E-state index contributed by atoms with van der Waals surface area (Å²) in [5, 5.41) is 2.13. The molecule has 0 radical (unpaired) electrons. The number of hydrogen-bond donors (Lipinski definition) is 2. The van der Waals surface area contributed by atoms with Gasteiger partial charge in [0.2, 0.25) is 0 Å². The summed E-state index contributed by atoms with van der Waals surface area (Å²) < 4.78 is 0. The average molecular weight is 216 g/mol. The molecule has 0 aliphatic rings. The first kappa shape index (κ1) is 10.2. The second kappa shape index (κ2) is 4.41. The zero-order chi connectivity index (χ0) is 9.84. The fraction of sp³-hybridized carbons (Fsp3) is 0.125. The van der Waals surface area contributed by atoms with Gasteiger partial charge in [0.25, 0.3) is 0 Å². The highest BCUT2D eigenvalue weighted by molar-refractivity contribution is 7.80. The molecule has 5 heteroatoms. The van der Waals surface area contributed by atoms with Crippen LogP contribution in [0.1, 0.15) is 5.56 Å². The number of thiocarbonyl (C=S) groups is 1. The van der Waals surface area contributed by atoms with E-state index in [4.69, 9.17) is 35.4 Å². The van der Waals surface area contributed by atoms with Crippen molar-refractivity contribution < 1.29 is 0 Å². The molecule has 0 aliphatic carbocycles. The molecule has 1 aromatic rings. The summed E-state index contributed by atoms with van der Waals surface area (Å²) in [5.41, 5.74) is 6.30. The Balaban J connectivity index is 2.69. The number of rotatable bonds is 2. The minimum absolute atomic E-state index is 0.167. The third-order valence-corrected chi connectivity index (χ3v) is 1.99. The van der Waals surface area contributed by atoms with E-state index in [1.807, 2.05) is 18.2 Å². The van der Waals surface area contributed by atoms with Gasteiger partial charge < -0.3 is 5.73 Å². The molecule has 0 heterocycles. The van der Waals surface area contributed by atoms with Crippen LogP contribution in [0, 0.1) is 0 Å². The van der Waals surface area contributed by atoms with Crippen LogP contribution < -0.4 is 11.6 Å². The second-order valence-electron chi connectivity index (χ2n) is 2.60. The van der Waals surface area contributed by atoms with Gasteiger partial charge >= 0.3 is 0 Å². The molecule has 0 fully saturated rings. The van der Waals surface area contributed by atoms with E-state index < -0.39 is 0 Å². The fourth-order valence-corrected chi connectivity index (χ4v) is 1.19. The van der Waals surface area contributed by atoms with Crippen LogP contribution in [0.5, 0.6) is 0 Å². The number of nitrogens with two attached hydrogens (primary N) is 2. The molecule has 0 spiro atoms. The Kier molecular flexibility index (Phi) is 3.48. The quantitative estimate of drug-likeness (QED) is 0.443. The largest absolute Gasteiger partial charge is 0.375 e. The molecule has 4 N–H and O–H groups in total. The lowest BCUT2D eigenvalue weighted by Crippen LogP contribution is -2.40. The van der Waals surface area contributed by atoms with Gasteiger partial charge in [0.15, 0.2) is 5.11 Å². The van der Waals surface area contributed by atoms with Crippen molar-refractivity contribution >= 4 is 28.9 Å². The highest BCUT2D eigenvalue weighted by Gasteiger charge is 2.01. The van der Waals surface area contributed by atoms with Crippen LogP contribution in [0.4, 0.5) is 0 Å². The van der Waals surface area contributed by atoms with Crippen molar-refractivity contribution in [3.8, 4) is 0 Å². The predicted molar refractivity (Wildman–Crippen MR) is 58.0 cm³/mol. The zero-order valence-corrected chi connectivity index (χ0v) is 8.48. The van der Waals surface area contributed by atoms with Crippen LogP contribution in [-0.2, 0) is 6.54 Å². The van der Waals surface area contributed by atoms with Crippen molar-refractivity contribution in [2.75, 3.05) is 0 Å². The van der Waals surface area contributed by atoms with E-state index in [-0.39, 0.29) is 5.11 Å². The third kappa shape index (κ3) is 3.18. The van der Waals surface area contributed by atoms with Crippen LogP contribution >= 0.6 is 23.8 Å². The number of halogens is 1. The molecule has 0 aromatic heterocycles. The number of hydrogen-bond acceptors (Lipinski definition) is 2. The molecule has 13 heavy (non-hydrogen) atoms. The highest BCUT2D eigenvalue weighted by Crippen LogP contribution is 2.11. The molecule has 1 aromatic carbocycles. The normalized spacial score (nSPS) is 9.69. The van der Waals surface area contributed by atoms with Crippen LogP contribution in [0.2, 0.25) is 5.02 Å². The van der Waals surface area contributed by atoms with E-state index in [0.717, 1.165) is 5.56 Å². The van der Waals surface area contributed by atoms with Crippen molar-refractivity contribution in [3.05, 3.63) is 34.9 Å². The summed E-state index contributed by atoms with van der Waals surface area (Å²) in [7, 11) is 0. The van der Waals surface area contributed by atoms with E-state index in [0.29, 0.717) is 11.6 Å². The van der Waals surface area contributed by atoms with Crippen LogP contribution in [0.15, 0.2) is 24.3 Å². The van der Waals surface area contributed by atoms with Gasteiger partial charge in [-0.05, 0) is 29.9 Å². The van der Waals surface area contributed by atoms with E-state index in [9.17, 15) is 0 Å². The van der Waals surface area contributed by atoms with E-state index in [1.54, 1.807) is 6.07 Å². The maximum absolute atomic E-state index is 5.78. The van der Waals surface area contributed by atoms with Gasteiger partial charge in [-0.2, -0.15) is 0 Å². The molecule has 0 amide bonds. The first-order valence-electron chi connectivity index (χ1n) is 3.65. The SMILES string of the molecule is NC(=S)N(N)Cc1cccc(Cl)c1. The molecular formula is C8H10ClN3S. The third-order valence-electron chi connectivity index (χ3n) is 1.53. The van der Waals surface area contributed by atoms with Crippen molar-refractivity contribution in [1.82, 2.24) is 5.01 Å². The van der Waals surface area contributed by atoms with Gasteiger partial charge in [-0.1, -0.05) is 23.7 Å². The van der Waals surface area contributed by atoms with Crippen LogP contribution in [-0.4, -0.2) is 10.1 Å². The molecule has 0 aliphatic heterocycles. The molecule has 0 bridgehead atoms.